The summed E-state index contributed by atoms with van der Waals surface area (Å²) < 4.78 is 5.55. The lowest BCUT2D eigenvalue weighted by Crippen LogP contribution is -2.47. The molecule has 0 atom stereocenters. The van der Waals surface area contributed by atoms with Gasteiger partial charge < -0.3 is 19.9 Å². The fourth-order valence-electron chi connectivity index (χ4n) is 4.62. The third-order valence-electron chi connectivity index (χ3n) is 6.28. The normalized spacial score (nSPS) is 17.5. The monoisotopic (exact) mass is 403 g/mol. The molecule has 3 aromatic rings. The first-order valence-electron chi connectivity index (χ1n) is 11.0. The van der Waals surface area contributed by atoms with E-state index >= 15 is 0 Å². The van der Waals surface area contributed by atoms with E-state index in [0.29, 0.717) is 6.04 Å². The van der Waals surface area contributed by atoms with Gasteiger partial charge in [0.2, 0.25) is 5.95 Å². The molecule has 6 heteroatoms. The minimum absolute atomic E-state index is 0.526. The molecule has 1 saturated carbocycles. The van der Waals surface area contributed by atoms with Crippen LogP contribution < -0.4 is 19.9 Å². The molecule has 5 rings (SSSR count). The van der Waals surface area contributed by atoms with Gasteiger partial charge in [0.1, 0.15) is 11.6 Å². The molecular weight excluding hydrogens is 374 g/mol. The van der Waals surface area contributed by atoms with Crippen molar-refractivity contribution in [3.05, 3.63) is 48.5 Å². The van der Waals surface area contributed by atoms with Crippen molar-refractivity contribution in [3.63, 3.8) is 0 Å². The number of ether oxygens (including phenoxy) is 1. The predicted molar refractivity (Wildman–Crippen MR) is 123 cm³/mol. The third-order valence-corrected chi connectivity index (χ3v) is 6.28. The quantitative estimate of drug-likeness (QED) is 0.685. The molecule has 1 N–H and O–H groups in total. The van der Waals surface area contributed by atoms with E-state index < -0.39 is 0 Å². The highest BCUT2D eigenvalue weighted by atomic mass is 16.5. The van der Waals surface area contributed by atoms with Crippen molar-refractivity contribution in [2.24, 2.45) is 0 Å². The van der Waals surface area contributed by atoms with E-state index in [1.807, 2.05) is 12.1 Å². The van der Waals surface area contributed by atoms with Crippen molar-refractivity contribution in [1.82, 2.24) is 9.97 Å². The van der Waals surface area contributed by atoms with E-state index in [2.05, 4.69) is 51.5 Å². The Morgan fingerprint density at radius 2 is 1.57 bits per heavy atom. The molecule has 0 amide bonds. The molecule has 156 valence electrons. The number of benzene rings is 2. The van der Waals surface area contributed by atoms with Crippen molar-refractivity contribution >= 4 is 28.4 Å². The topological polar surface area (TPSA) is 53.5 Å². The van der Waals surface area contributed by atoms with Gasteiger partial charge in [0.05, 0.1) is 18.3 Å². The summed E-state index contributed by atoms with van der Waals surface area (Å²) in [5.74, 6) is 2.74. The van der Waals surface area contributed by atoms with Crippen LogP contribution in [0.3, 0.4) is 0 Å². The lowest BCUT2D eigenvalue weighted by molar-refractivity contribution is 0.413. The second-order valence-electron chi connectivity index (χ2n) is 8.16. The lowest BCUT2D eigenvalue weighted by Gasteiger charge is -2.36. The van der Waals surface area contributed by atoms with Crippen LogP contribution in [-0.2, 0) is 0 Å². The summed E-state index contributed by atoms with van der Waals surface area (Å²) in [7, 11) is 1.73. The van der Waals surface area contributed by atoms with Crippen molar-refractivity contribution < 1.29 is 4.74 Å². The van der Waals surface area contributed by atoms with E-state index in [0.717, 1.165) is 60.3 Å². The molecule has 1 aliphatic carbocycles. The van der Waals surface area contributed by atoms with Crippen LogP contribution >= 0.6 is 0 Å². The average Bonchev–Trinajstić information content (AvgIpc) is 3.32. The molecule has 2 aliphatic rings. The first-order chi connectivity index (χ1) is 14.8. The minimum Gasteiger partial charge on any atom is -0.495 e. The van der Waals surface area contributed by atoms with Gasteiger partial charge in [-0.15, -0.1) is 0 Å². The Morgan fingerprint density at radius 3 is 2.37 bits per heavy atom. The lowest BCUT2D eigenvalue weighted by atomic mass is 10.2. The number of hydrogen-bond donors (Lipinski definition) is 1. The van der Waals surface area contributed by atoms with Crippen molar-refractivity contribution in [1.29, 1.82) is 0 Å². The van der Waals surface area contributed by atoms with E-state index in [1.165, 1.54) is 25.7 Å². The minimum atomic E-state index is 0.526. The van der Waals surface area contributed by atoms with Crippen LogP contribution in [0, 0.1) is 0 Å². The largest absolute Gasteiger partial charge is 0.495 e. The SMILES string of the molecule is COc1ccccc1N1CCN(c2nc(NC3CCCC3)c3ccccc3n2)CC1. The number of hydrogen-bond acceptors (Lipinski definition) is 6. The summed E-state index contributed by atoms with van der Waals surface area (Å²) >= 11 is 0. The van der Waals surface area contributed by atoms with E-state index in [4.69, 9.17) is 14.7 Å². The average molecular weight is 404 g/mol. The molecule has 2 aromatic carbocycles. The van der Waals surface area contributed by atoms with Crippen LogP contribution in [0.5, 0.6) is 5.75 Å². The summed E-state index contributed by atoms with van der Waals surface area (Å²) in [6, 6.07) is 17.1. The Balaban J connectivity index is 1.37. The zero-order valence-corrected chi connectivity index (χ0v) is 17.6. The highest BCUT2D eigenvalue weighted by Gasteiger charge is 2.23. The van der Waals surface area contributed by atoms with Crippen LogP contribution in [0.1, 0.15) is 25.7 Å². The summed E-state index contributed by atoms with van der Waals surface area (Å²) in [6.07, 6.45) is 5.06. The molecular formula is C24H29N5O. The van der Waals surface area contributed by atoms with Gasteiger partial charge in [-0.05, 0) is 37.1 Å². The maximum atomic E-state index is 5.55. The van der Waals surface area contributed by atoms with E-state index in [-0.39, 0.29) is 0 Å². The number of anilines is 3. The number of piperazine rings is 1. The van der Waals surface area contributed by atoms with Crippen LogP contribution in [-0.4, -0.2) is 49.3 Å². The number of aromatic nitrogens is 2. The molecule has 1 aliphatic heterocycles. The highest BCUT2D eigenvalue weighted by Crippen LogP contribution is 2.30. The molecule has 0 unspecified atom stereocenters. The molecule has 30 heavy (non-hydrogen) atoms. The second-order valence-corrected chi connectivity index (χ2v) is 8.16. The second kappa shape index (κ2) is 8.38. The van der Waals surface area contributed by atoms with Gasteiger partial charge in [0.15, 0.2) is 0 Å². The Hall–Kier alpha value is -3.02. The number of fused-ring (bicyclic) bond motifs is 1. The van der Waals surface area contributed by atoms with Gasteiger partial charge in [0, 0.05) is 37.6 Å². The number of nitrogens with one attached hydrogen (secondary N) is 1. The molecule has 6 nitrogen and oxygen atoms in total. The molecule has 1 aromatic heterocycles. The molecule has 0 spiro atoms. The van der Waals surface area contributed by atoms with Crippen molar-refractivity contribution in [2.75, 3.05) is 48.4 Å². The Kier molecular flexibility index (Phi) is 5.30. The smallest absolute Gasteiger partial charge is 0.228 e. The van der Waals surface area contributed by atoms with Gasteiger partial charge in [-0.1, -0.05) is 37.1 Å². The zero-order valence-electron chi connectivity index (χ0n) is 17.6. The van der Waals surface area contributed by atoms with Crippen LogP contribution in [0.15, 0.2) is 48.5 Å². The fourth-order valence-corrected chi connectivity index (χ4v) is 4.62. The first-order valence-corrected chi connectivity index (χ1v) is 11.0. The van der Waals surface area contributed by atoms with Crippen LogP contribution in [0.25, 0.3) is 10.9 Å². The number of nitrogens with zero attached hydrogens (tertiary/aromatic N) is 4. The fraction of sp³-hybridized carbons (Fsp3) is 0.417. The number of rotatable bonds is 5. The summed E-state index contributed by atoms with van der Waals surface area (Å²) in [4.78, 5) is 14.6. The summed E-state index contributed by atoms with van der Waals surface area (Å²) in [5.41, 5.74) is 2.16. The van der Waals surface area contributed by atoms with E-state index in [1.54, 1.807) is 7.11 Å². The molecule has 0 radical (unpaired) electrons. The third kappa shape index (κ3) is 3.74. The van der Waals surface area contributed by atoms with Gasteiger partial charge in [-0.25, -0.2) is 4.98 Å². The van der Waals surface area contributed by atoms with Crippen LogP contribution in [0.2, 0.25) is 0 Å². The highest BCUT2D eigenvalue weighted by molar-refractivity contribution is 5.90. The molecule has 2 heterocycles. The Morgan fingerprint density at radius 1 is 0.867 bits per heavy atom. The van der Waals surface area contributed by atoms with Crippen molar-refractivity contribution in [3.8, 4) is 5.75 Å². The molecule has 1 saturated heterocycles. The Labute approximate surface area is 177 Å². The maximum Gasteiger partial charge on any atom is 0.228 e. The van der Waals surface area contributed by atoms with Gasteiger partial charge in [-0.2, -0.15) is 4.98 Å². The number of methoxy groups -OCH3 is 1. The predicted octanol–water partition coefficient (Wildman–Crippen LogP) is 4.32. The van der Waals surface area contributed by atoms with Gasteiger partial charge >= 0.3 is 0 Å². The summed E-state index contributed by atoms with van der Waals surface area (Å²) in [5, 5.41) is 4.82. The Bertz CT molecular complexity index is 1010. The van der Waals surface area contributed by atoms with E-state index in [9.17, 15) is 0 Å². The van der Waals surface area contributed by atoms with Crippen molar-refractivity contribution in [2.45, 2.75) is 31.7 Å². The standard InChI is InChI=1S/C24H29N5O/c1-30-22-13-7-6-12-21(22)28-14-16-29(17-15-28)24-26-20-11-5-4-10-19(20)23(27-24)25-18-8-2-3-9-18/h4-7,10-13,18H,2-3,8-9,14-17H2,1H3,(H,25,26,27). The first kappa shape index (κ1) is 19.0. The van der Waals surface area contributed by atoms with Crippen LogP contribution in [0.4, 0.5) is 17.5 Å². The molecule has 2 fully saturated rings. The van der Waals surface area contributed by atoms with Gasteiger partial charge in [-0.3, -0.25) is 0 Å². The molecule has 0 bridgehead atoms. The zero-order chi connectivity index (χ0) is 20.3. The summed E-state index contributed by atoms with van der Waals surface area (Å²) in [6.45, 7) is 3.61. The van der Waals surface area contributed by atoms with Gasteiger partial charge in [0.25, 0.3) is 0 Å². The maximum absolute atomic E-state index is 5.55. The number of para-hydroxylation sites is 3.